The van der Waals surface area contributed by atoms with Gasteiger partial charge in [0.05, 0.1) is 5.69 Å². The quantitative estimate of drug-likeness (QED) is 0.398. The molecular formula is C21H22FN5O2. The van der Waals surface area contributed by atoms with Crippen LogP contribution in [0.5, 0.6) is 5.75 Å². The van der Waals surface area contributed by atoms with Crippen molar-refractivity contribution in [2.45, 2.75) is 26.3 Å². The number of nitrogens with one attached hydrogen (secondary N) is 3. The van der Waals surface area contributed by atoms with Gasteiger partial charge in [-0.3, -0.25) is 9.89 Å². The van der Waals surface area contributed by atoms with Crippen molar-refractivity contribution in [2.75, 3.05) is 5.32 Å². The predicted octanol–water partition coefficient (Wildman–Crippen LogP) is 3.92. The molecule has 1 heterocycles. The molecule has 29 heavy (non-hydrogen) atoms. The maximum atomic E-state index is 13.1. The molecule has 4 N–H and O–H groups in total. The number of rotatable bonds is 3. The van der Waals surface area contributed by atoms with E-state index in [9.17, 15) is 14.3 Å². The van der Waals surface area contributed by atoms with Gasteiger partial charge in [0, 0.05) is 22.7 Å². The molecule has 0 spiro atoms. The number of aliphatic imine (C=N–C) groups is 1. The molecule has 0 unspecified atom stereocenters. The zero-order valence-electron chi connectivity index (χ0n) is 16.3. The third-order valence-corrected chi connectivity index (χ3v) is 3.79. The summed E-state index contributed by atoms with van der Waals surface area (Å²) in [6.07, 6.45) is 0. The summed E-state index contributed by atoms with van der Waals surface area (Å²) in [5.74, 6) is 0.0346. The molecule has 0 aliphatic rings. The average molecular weight is 395 g/mol. The Labute approximate surface area is 167 Å². The minimum absolute atomic E-state index is 0.0717. The molecule has 0 saturated carbocycles. The summed E-state index contributed by atoms with van der Waals surface area (Å²) >= 11 is 0. The van der Waals surface area contributed by atoms with Crippen molar-refractivity contribution in [1.29, 1.82) is 0 Å². The Kier molecular flexibility index (Phi) is 5.63. The van der Waals surface area contributed by atoms with E-state index in [1.54, 1.807) is 18.2 Å². The van der Waals surface area contributed by atoms with Gasteiger partial charge in [0.1, 0.15) is 17.4 Å². The van der Waals surface area contributed by atoms with E-state index in [4.69, 9.17) is 0 Å². The van der Waals surface area contributed by atoms with E-state index in [1.165, 1.54) is 36.4 Å². The van der Waals surface area contributed by atoms with E-state index >= 15 is 0 Å². The first-order valence-electron chi connectivity index (χ1n) is 8.98. The molecule has 150 valence electrons. The van der Waals surface area contributed by atoms with Gasteiger partial charge in [-0.1, -0.05) is 0 Å². The minimum Gasteiger partial charge on any atom is -0.508 e. The molecule has 0 radical (unpaired) electrons. The molecule has 2 aromatic carbocycles. The summed E-state index contributed by atoms with van der Waals surface area (Å²) < 4.78 is 13.1. The van der Waals surface area contributed by atoms with E-state index in [2.05, 4.69) is 25.8 Å². The lowest BCUT2D eigenvalue weighted by Crippen LogP contribution is -2.44. The van der Waals surface area contributed by atoms with E-state index < -0.39 is 5.91 Å². The Morgan fingerprint density at radius 3 is 2.38 bits per heavy atom. The van der Waals surface area contributed by atoms with Gasteiger partial charge in [-0.2, -0.15) is 10.1 Å². The molecule has 0 fully saturated rings. The fourth-order valence-corrected chi connectivity index (χ4v) is 2.49. The monoisotopic (exact) mass is 395 g/mol. The van der Waals surface area contributed by atoms with E-state index in [0.717, 1.165) is 5.56 Å². The second-order valence-electron chi connectivity index (χ2n) is 7.49. The van der Waals surface area contributed by atoms with Crippen LogP contribution in [0, 0.1) is 5.82 Å². The van der Waals surface area contributed by atoms with Crippen LogP contribution in [0.25, 0.3) is 11.3 Å². The lowest BCUT2D eigenvalue weighted by atomic mass is 10.1. The summed E-state index contributed by atoms with van der Waals surface area (Å²) in [6, 6.07) is 13.6. The van der Waals surface area contributed by atoms with Crippen LogP contribution < -0.4 is 10.6 Å². The predicted molar refractivity (Wildman–Crippen MR) is 110 cm³/mol. The van der Waals surface area contributed by atoms with Crippen molar-refractivity contribution < 1.29 is 14.3 Å². The zero-order valence-corrected chi connectivity index (χ0v) is 16.3. The molecule has 3 rings (SSSR count). The van der Waals surface area contributed by atoms with E-state index in [0.29, 0.717) is 17.1 Å². The Hall–Kier alpha value is -3.68. The smallest absolute Gasteiger partial charge is 0.280 e. The van der Waals surface area contributed by atoms with Crippen LogP contribution in [0.3, 0.4) is 0 Å². The highest BCUT2D eigenvalue weighted by Crippen LogP contribution is 2.20. The number of benzene rings is 2. The summed E-state index contributed by atoms with van der Waals surface area (Å²) in [5.41, 5.74) is 1.35. The number of nitrogens with zero attached hydrogens (tertiary/aromatic N) is 2. The van der Waals surface area contributed by atoms with Crippen LogP contribution in [-0.2, 0) is 0 Å². The first kappa shape index (κ1) is 20.1. The molecule has 0 aliphatic carbocycles. The topological polar surface area (TPSA) is 102 Å². The van der Waals surface area contributed by atoms with Crippen LogP contribution in [-0.4, -0.2) is 32.7 Å². The van der Waals surface area contributed by atoms with Crippen LogP contribution in [0.2, 0.25) is 0 Å². The number of phenols is 1. The second kappa shape index (κ2) is 8.14. The van der Waals surface area contributed by atoms with Crippen molar-refractivity contribution >= 4 is 17.7 Å². The maximum Gasteiger partial charge on any atom is 0.280 e. The fraction of sp³-hybridized carbons (Fsp3) is 0.190. The number of hydrogen-bond donors (Lipinski definition) is 4. The third kappa shape index (κ3) is 5.65. The minimum atomic E-state index is -0.470. The number of anilines is 1. The highest BCUT2D eigenvalue weighted by molar-refractivity contribution is 6.06. The van der Waals surface area contributed by atoms with E-state index in [1.807, 2.05) is 20.8 Å². The van der Waals surface area contributed by atoms with Gasteiger partial charge in [-0.05, 0) is 69.3 Å². The van der Waals surface area contributed by atoms with E-state index in [-0.39, 0.29) is 23.1 Å². The number of phenolic OH excluding ortho intramolecular Hbond substituents is 1. The van der Waals surface area contributed by atoms with Crippen molar-refractivity contribution in [1.82, 2.24) is 15.5 Å². The lowest BCUT2D eigenvalue weighted by Gasteiger charge is -2.23. The van der Waals surface area contributed by atoms with Crippen molar-refractivity contribution in [2.24, 2.45) is 4.99 Å². The number of aromatic hydroxyl groups is 1. The number of guanidine groups is 1. The number of aromatic amines is 1. The molecule has 1 aromatic heterocycles. The maximum absolute atomic E-state index is 13.1. The number of aromatic nitrogens is 2. The molecule has 0 bridgehead atoms. The molecule has 0 aliphatic heterocycles. The van der Waals surface area contributed by atoms with Crippen molar-refractivity contribution in [3.05, 3.63) is 66.0 Å². The number of carbonyl (C=O) groups is 1. The second-order valence-corrected chi connectivity index (χ2v) is 7.49. The average Bonchev–Trinajstić information content (AvgIpc) is 3.09. The van der Waals surface area contributed by atoms with Gasteiger partial charge in [0.25, 0.3) is 5.91 Å². The number of amides is 1. The summed E-state index contributed by atoms with van der Waals surface area (Å²) in [4.78, 5) is 16.6. The van der Waals surface area contributed by atoms with Crippen LogP contribution >= 0.6 is 0 Å². The number of carbonyl (C=O) groups excluding carboxylic acids is 1. The molecular weight excluding hydrogens is 373 g/mol. The van der Waals surface area contributed by atoms with Gasteiger partial charge < -0.3 is 15.7 Å². The summed E-state index contributed by atoms with van der Waals surface area (Å²) in [6.45, 7) is 5.81. The third-order valence-electron chi connectivity index (χ3n) is 3.79. The molecule has 0 saturated heterocycles. The number of hydrogen-bond acceptors (Lipinski definition) is 3. The Bertz CT molecular complexity index is 1020. The van der Waals surface area contributed by atoms with Crippen LogP contribution in [0.15, 0.2) is 59.6 Å². The Morgan fingerprint density at radius 1 is 1.10 bits per heavy atom. The SMILES string of the molecule is CC(C)(C)N/C(=N/C(=O)c1ccc(O)cc1)Nc1cc(-c2ccc(F)cc2)n[nH]1. The summed E-state index contributed by atoms with van der Waals surface area (Å²) in [5, 5.41) is 22.6. The lowest BCUT2D eigenvalue weighted by molar-refractivity contribution is 0.100. The van der Waals surface area contributed by atoms with Gasteiger partial charge >= 0.3 is 0 Å². The highest BCUT2D eigenvalue weighted by atomic mass is 19.1. The molecule has 3 aromatic rings. The number of H-pyrrole nitrogens is 1. The van der Waals surface area contributed by atoms with Crippen molar-refractivity contribution in [3.8, 4) is 17.0 Å². The standard InChI is InChI=1S/C21H22FN5O2/c1-21(2,3)25-20(24-19(29)14-6-10-16(28)11-7-14)23-18-12-17(26-27-18)13-4-8-15(22)9-5-13/h4-12,28H,1-3H3,(H3,23,24,25,26,27,29). The Balaban J connectivity index is 1.83. The molecule has 1 amide bonds. The molecule has 8 heteroatoms. The first-order valence-corrected chi connectivity index (χ1v) is 8.98. The number of halogens is 1. The van der Waals surface area contributed by atoms with Crippen molar-refractivity contribution in [3.63, 3.8) is 0 Å². The zero-order chi connectivity index (χ0) is 21.0. The molecule has 7 nitrogen and oxygen atoms in total. The van der Waals surface area contributed by atoms with Crippen LogP contribution in [0.4, 0.5) is 10.2 Å². The van der Waals surface area contributed by atoms with Gasteiger partial charge in [0.2, 0.25) is 5.96 Å². The van der Waals surface area contributed by atoms with Crippen LogP contribution in [0.1, 0.15) is 31.1 Å². The normalized spacial score (nSPS) is 11.9. The fourth-order valence-electron chi connectivity index (χ4n) is 2.49. The van der Waals surface area contributed by atoms with Gasteiger partial charge in [-0.15, -0.1) is 0 Å². The Morgan fingerprint density at radius 2 is 1.76 bits per heavy atom. The highest BCUT2D eigenvalue weighted by Gasteiger charge is 2.16. The molecule has 0 atom stereocenters. The largest absolute Gasteiger partial charge is 0.508 e. The summed E-state index contributed by atoms with van der Waals surface area (Å²) in [7, 11) is 0. The van der Waals surface area contributed by atoms with Gasteiger partial charge in [0.15, 0.2) is 0 Å². The first-order chi connectivity index (χ1) is 13.7. The van der Waals surface area contributed by atoms with Gasteiger partial charge in [-0.25, -0.2) is 4.39 Å².